The van der Waals surface area contributed by atoms with E-state index in [0.29, 0.717) is 21.9 Å². The zero-order chi connectivity index (χ0) is 14.8. The van der Waals surface area contributed by atoms with Crippen LogP contribution in [-0.4, -0.2) is 27.6 Å². The van der Waals surface area contributed by atoms with E-state index in [1.807, 2.05) is 0 Å². The van der Waals surface area contributed by atoms with Gasteiger partial charge in [0.2, 0.25) is 15.8 Å². The SMILES string of the molecule is COc1ccsc1C(=O)c1ccc(NS(C)(=O)=O)cc1. The number of hydrogen-bond acceptors (Lipinski definition) is 5. The number of hydrogen-bond donors (Lipinski definition) is 1. The van der Waals surface area contributed by atoms with Crippen LogP contribution in [0.15, 0.2) is 35.7 Å². The van der Waals surface area contributed by atoms with Gasteiger partial charge in [-0.1, -0.05) is 0 Å². The van der Waals surface area contributed by atoms with E-state index in [0.717, 1.165) is 6.26 Å². The van der Waals surface area contributed by atoms with Crippen molar-refractivity contribution in [2.45, 2.75) is 0 Å². The number of benzene rings is 1. The molecule has 1 N–H and O–H groups in total. The van der Waals surface area contributed by atoms with E-state index in [1.165, 1.54) is 18.4 Å². The summed E-state index contributed by atoms with van der Waals surface area (Å²) in [6.45, 7) is 0. The molecule has 0 fully saturated rings. The lowest BCUT2D eigenvalue weighted by atomic mass is 10.1. The quantitative estimate of drug-likeness (QED) is 0.860. The molecule has 0 unspecified atom stereocenters. The number of thiophene rings is 1. The van der Waals surface area contributed by atoms with E-state index in [2.05, 4.69) is 4.72 Å². The number of carbonyl (C=O) groups excluding carboxylic acids is 1. The molecule has 7 heteroatoms. The Morgan fingerprint density at radius 2 is 1.85 bits per heavy atom. The van der Waals surface area contributed by atoms with Crippen LogP contribution in [-0.2, 0) is 10.0 Å². The van der Waals surface area contributed by atoms with Crippen molar-refractivity contribution in [3.63, 3.8) is 0 Å². The number of rotatable bonds is 5. The average Bonchev–Trinajstić information content (AvgIpc) is 2.85. The summed E-state index contributed by atoms with van der Waals surface area (Å²) in [6, 6.07) is 7.99. The minimum Gasteiger partial charge on any atom is -0.495 e. The van der Waals surface area contributed by atoms with Crippen LogP contribution in [0, 0.1) is 0 Å². The summed E-state index contributed by atoms with van der Waals surface area (Å²) < 4.78 is 29.7. The van der Waals surface area contributed by atoms with Gasteiger partial charge in [-0.05, 0) is 35.7 Å². The predicted molar refractivity (Wildman–Crippen MR) is 79.2 cm³/mol. The lowest BCUT2D eigenvalue weighted by Crippen LogP contribution is -2.09. The number of methoxy groups -OCH3 is 1. The Kier molecular flexibility index (Phi) is 4.10. The Balaban J connectivity index is 2.24. The summed E-state index contributed by atoms with van der Waals surface area (Å²) >= 11 is 1.31. The number of sulfonamides is 1. The summed E-state index contributed by atoms with van der Waals surface area (Å²) in [5, 5.41) is 1.78. The van der Waals surface area contributed by atoms with Crippen LogP contribution in [0.4, 0.5) is 5.69 Å². The fourth-order valence-electron chi connectivity index (χ4n) is 1.66. The van der Waals surface area contributed by atoms with Crippen LogP contribution < -0.4 is 9.46 Å². The van der Waals surface area contributed by atoms with E-state index in [4.69, 9.17) is 4.74 Å². The van der Waals surface area contributed by atoms with Crippen molar-refractivity contribution in [1.82, 2.24) is 0 Å². The van der Waals surface area contributed by atoms with Crippen LogP contribution >= 0.6 is 11.3 Å². The van der Waals surface area contributed by atoms with Crippen molar-refractivity contribution in [1.29, 1.82) is 0 Å². The third kappa shape index (κ3) is 3.37. The number of nitrogens with one attached hydrogen (secondary N) is 1. The fourth-order valence-corrected chi connectivity index (χ4v) is 3.04. The highest BCUT2D eigenvalue weighted by Crippen LogP contribution is 2.27. The first-order valence-electron chi connectivity index (χ1n) is 5.65. The Hall–Kier alpha value is -1.86. The molecule has 5 nitrogen and oxygen atoms in total. The minimum absolute atomic E-state index is 0.150. The van der Waals surface area contributed by atoms with Gasteiger partial charge < -0.3 is 4.74 Å². The topological polar surface area (TPSA) is 72.5 Å². The Bertz CT molecular complexity index is 717. The van der Waals surface area contributed by atoms with Gasteiger partial charge in [0.25, 0.3) is 0 Å². The van der Waals surface area contributed by atoms with Crippen LogP contribution in [0.2, 0.25) is 0 Å². The van der Waals surface area contributed by atoms with Gasteiger partial charge in [-0.2, -0.15) is 0 Å². The highest BCUT2D eigenvalue weighted by molar-refractivity contribution is 7.92. The Labute approximate surface area is 121 Å². The first-order valence-corrected chi connectivity index (χ1v) is 8.42. The smallest absolute Gasteiger partial charge is 0.229 e. The van der Waals surface area contributed by atoms with Crippen LogP contribution in [0.1, 0.15) is 15.2 Å². The van der Waals surface area contributed by atoms with E-state index in [9.17, 15) is 13.2 Å². The third-order valence-electron chi connectivity index (χ3n) is 2.51. The largest absolute Gasteiger partial charge is 0.495 e. The van der Waals surface area contributed by atoms with Gasteiger partial charge in [0.15, 0.2) is 0 Å². The first-order chi connectivity index (χ1) is 9.40. The molecule has 0 radical (unpaired) electrons. The molecule has 0 aliphatic carbocycles. The van der Waals surface area contributed by atoms with E-state index in [-0.39, 0.29) is 5.78 Å². The van der Waals surface area contributed by atoms with Gasteiger partial charge in [-0.15, -0.1) is 11.3 Å². The lowest BCUT2D eigenvalue weighted by Gasteiger charge is -2.05. The van der Waals surface area contributed by atoms with E-state index in [1.54, 1.807) is 35.7 Å². The molecule has 2 rings (SSSR count). The highest BCUT2D eigenvalue weighted by atomic mass is 32.2. The maximum atomic E-state index is 12.3. The Morgan fingerprint density at radius 1 is 1.20 bits per heavy atom. The Morgan fingerprint density at radius 3 is 2.40 bits per heavy atom. The van der Waals surface area contributed by atoms with Gasteiger partial charge >= 0.3 is 0 Å². The number of anilines is 1. The third-order valence-corrected chi connectivity index (χ3v) is 4.01. The normalized spacial score (nSPS) is 11.1. The molecule has 1 aromatic heterocycles. The van der Waals surface area contributed by atoms with Crippen molar-refractivity contribution in [2.75, 3.05) is 18.1 Å². The van der Waals surface area contributed by atoms with Crippen molar-refractivity contribution in [3.8, 4) is 5.75 Å². The fraction of sp³-hybridized carbons (Fsp3) is 0.154. The second-order valence-electron chi connectivity index (χ2n) is 4.10. The summed E-state index contributed by atoms with van der Waals surface area (Å²) in [5.41, 5.74) is 0.895. The van der Waals surface area contributed by atoms with Crippen LogP contribution in [0.3, 0.4) is 0 Å². The monoisotopic (exact) mass is 311 g/mol. The van der Waals surface area contributed by atoms with Crippen LogP contribution in [0.5, 0.6) is 5.75 Å². The second-order valence-corrected chi connectivity index (χ2v) is 6.76. The maximum absolute atomic E-state index is 12.3. The molecule has 20 heavy (non-hydrogen) atoms. The van der Waals surface area contributed by atoms with Crippen molar-refractivity contribution >= 4 is 32.8 Å². The van der Waals surface area contributed by atoms with Crippen molar-refractivity contribution in [3.05, 3.63) is 46.2 Å². The molecule has 0 atom stereocenters. The standard InChI is InChI=1S/C13H13NO4S2/c1-18-11-7-8-19-13(11)12(15)9-3-5-10(6-4-9)14-20(2,16)17/h3-8,14H,1-2H3. The molecular weight excluding hydrogens is 298 g/mol. The van der Waals surface area contributed by atoms with E-state index < -0.39 is 10.0 Å². The molecule has 0 spiro atoms. The summed E-state index contributed by atoms with van der Waals surface area (Å²) in [6.07, 6.45) is 1.07. The van der Waals surface area contributed by atoms with Crippen molar-refractivity contribution < 1.29 is 17.9 Å². The summed E-state index contributed by atoms with van der Waals surface area (Å²) in [5.74, 6) is 0.390. The summed E-state index contributed by atoms with van der Waals surface area (Å²) in [4.78, 5) is 12.8. The van der Waals surface area contributed by atoms with Crippen molar-refractivity contribution in [2.24, 2.45) is 0 Å². The molecule has 2 aromatic rings. The van der Waals surface area contributed by atoms with Crippen LogP contribution in [0.25, 0.3) is 0 Å². The molecule has 1 aromatic carbocycles. The molecule has 0 amide bonds. The van der Waals surface area contributed by atoms with Gasteiger partial charge in [0.1, 0.15) is 10.6 Å². The molecule has 0 aliphatic heterocycles. The first kappa shape index (κ1) is 14.5. The number of ketones is 1. The molecule has 106 valence electrons. The molecule has 1 heterocycles. The van der Waals surface area contributed by atoms with Gasteiger partial charge in [0, 0.05) is 11.3 Å². The highest BCUT2D eigenvalue weighted by Gasteiger charge is 2.16. The number of ether oxygens (including phenoxy) is 1. The lowest BCUT2D eigenvalue weighted by molar-refractivity contribution is 0.104. The number of carbonyl (C=O) groups is 1. The zero-order valence-electron chi connectivity index (χ0n) is 10.9. The molecule has 0 saturated carbocycles. The van der Waals surface area contributed by atoms with Gasteiger partial charge in [-0.3, -0.25) is 9.52 Å². The second kappa shape index (κ2) is 5.64. The van der Waals surface area contributed by atoms with E-state index >= 15 is 0 Å². The minimum atomic E-state index is -3.32. The molecule has 0 bridgehead atoms. The van der Waals surface area contributed by atoms with Gasteiger partial charge in [-0.25, -0.2) is 8.42 Å². The molecule has 0 aliphatic rings. The maximum Gasteiger partial charge on any atom is 0.229 e. The average molecular weight is 311 g/mol. The predicted octanol–water partition coefficient (Wildman–Crippen LogP) is 2.36. The zero-order valence-corrected chi connectivity index (χ0v) is 12.5. The van der Waals surface area contributed by atoms with Gasteiger partial charge in [0.05, 0.1) is 13.4 Å². The molecule has 0 saturated heterocycles. The molecular formula is C13H13NO4S2. The summed E-state index contributed by atoms with van der Waals surface area (Å²) in [7, 11) is -1.81.